The van der Waals surface area contributed by atoms with E-state index in [0.29, 0.717) is 47.3 Å². The van der Waals surface area contributed by atoms with Gasteiger partial charge in [0, 0.05) is 13.8 Å². The highest BCUT2D eigenvalue weighted by molar-refractivity contribution is 5.91. The average Bonchev–Trinajstić information content (AvgIpc) is 2.95. The molecule has 208 valence electrons. The highest BCUT2D eigenvalue weighted by Gasteiger charge is 2.11. The zero-order valence-electron chi connectivity index (χ0n) is 22.3. The van der Waals surface area contributed by atoms with Crippen molar-refractivity contribution in [1.29, 1.82) is 0 Å². The van der Waals surface area contributed by atoms with Gasteiger partial charge in [0.2, 0.25) is 0 Å². The Morgan fingerprint density at radius 3 is 1.02 bits per heavy atom. The van der Waals surface area contributed by atoms with Crippen LogP contribution in [-0.4, -0.2) is 23.9 Å². The van der Waals surface area contributed by atoms with Gasteiger partial charge in [-0.2, -0.15) is 0 Å². The van der Waals surface area contributed by atoms with Gasteiger partial charge in [-0.15, -0.1) is 0 Å². The molecule has 0 saturated carbocycles. The van der Waals surface area contributed by atoms with Crippen LogP contribution in [-0.2, 0) is 27.5 Å². The molecule has 9 heteroatoms. The number of rotatable bonds is 10. The van der Waals surface area contributed by atoms with Crippen LogP contribution >= 0.6 is 0 Å². The average molecular weight is 555 g/mol. The molecular formula is C32H26O9. The van der Waals surface area contributed by atoms with Crippen LogP contribution in [0.25, 0.3) is 0 Å². The fourth-order valence-electron chi connectivity index (χ4n) is 3.58. The fraction of sp³-hybridized carbons (Fsp3) is 0.125. The van der Waals surface area contributed by atoms with E-state index in [2.05, 4.69) is 0 Å². The van der Waals surface area contributed by atoms with Crippen molar-refractivity contribution < 1.29 is 42.9 Å². The molecule has 0 aromatic heterocycles. The number of carbonyl (C=O) groups is 4. The predicted octanol–water partition coefficient (Wildman–Crippen LogP) is 5.69. The van der Waals surface area contributed by atoms with Crippen molar-refractivity contribution in [3.05, 3.63) is 119 Å². The summed E-state index contributed by atoms with van der Waals surface area (Å²) in [7, 11) is 0. The maximum Gasteiger partial charge on any atom is 0.343 e. The summed E-state index contributed by atoms with van der Waals surface area (Å²) in [4.78, 5) is 46.8. The second-order valence-corrected chi connectivity index (χ2v) is 8.80. The molecule has 4 aromatic rings. The van der Waals surface area contributed by atoms with Crippen LogP contribution in [0.1, 0.15) is 45.7 Å². The van der Waals surface area contributed by atoms with Gasteiger partial charge < -0.3 is 23.7 Å². The van der Waals surface area contributed by atoms with Gasteiger partial charge in [0.15, 0.2) is 0 Å². The Kier molecular flexibility index (Phi) is 9.58. The lowest BCUT2D eigenvalue weighted by Crippen LogP contribution is -2.09. The summed E-state index contributed by atoms with van der Waals surface area (Å²) in [6.45, 7) is 3.25. The summed E-state index contributed by atoms with van der Waals surface area (Å²) < 4.78 is 26.4. The number of hydrogen-bond acceptors (Lipinski definition) is 9. The van der Waals surface area contributed by atoms with Gasteiger partial charge in [-0.1, -0.05) is 24.3 Å². The minimum Gasteiger partial charge on any atom is -0.427 e. The number of benzene rings is 4. The summed E-state index contributed by atoms with van der Waals surface area (Å²) in [5, 5.41) is 0. The number of hydrogen-bond donors (Lipinski definition) is 0. The summed E-state index contributed by atoms with van der Waals surface area (Å²) >= 11 is 0. The molecule has 0 fully saturated rings. The topological polar surface area (TPSA) is 114 Å². The van der Waals surface area contributed by atoms with E-state index in [4.69, 9.17) is 23.7 Å². The van der Waals surface area contributed by atoms with Crippen molar-refractivity contribution in [2.75, 3.05) is 0 Å². The van der Waals surface area contributed by atoms with Crippen LogP contribution in [0.5, 0.6) is 23.0 Å². The largest absolute Gasteiger partial charge is 0.427 e. The first-order valence-corrected chi connectivity index (χ1v) is 12.5. The van der Waals surface area contributed by atoms with E-state index in [-0.39, 0.29) is 0 Å². The Morgan fingerprint density at radius 1 is 0.439 bits per heavy atom. The Balaban J connectivity index is 1.21. The van der Waals surface area contributed by atoms with E-state index in [1.165, 1.54) is 13.8 Å². The second kappa shape index (κ2) is 13.7. The standard InChI is InChI=1S/C32H26O9/c1-21(33)38-27-11-15-29(16-12-27)40-31(35)25-7-3-23(4-8-25)19-37-20-24-5-9-26(10-6-24)32(36)41-30-17-13-28(14-18-30)39-22(2)34/h3-18H,19-20H2,1-2H3. The molecule has 0 aliphatic carbocycles. The third kappa shape index (κ3) is 8.87. The maximum atomic E-state index is 12.4. The van der Waals surface area contributed by atoms with Crippen molar-refractivity contribution in [2.24, 2.45) is 0 Å². The van der Waals surface area contributed by atoms with Gasteiger partial charge in [0.25, 0.3) is 0 Å². The smallest absolute Gasteiger partial charge is 0.343 e. The molecule has 41 heavy (non-hydrogen) atoms. The van der Waals surface area contributed by atoms with Crippen LogP contribution in [0.2, 0.25) is 0 Å². The third-order valence-corrected chi connectivity index (χ3v) is 5.51. The third-order valence-electron chi connectivity index (χ3n) is 5.51. The number of esters is 4. The van der Waals surface area contributed by atoms with Crippen molar-refractivity contribution in [1.82, 2.24) is 0 Å². The first-order valence-electron chi connectivity index (χ1n) is 12.5. The predicted molar refractivity (Wildman–Crippen MR) is 147 cm³/mol. The first kappa shape index (κ1) is 28.7. The summed E-state index contributed by atoms with van der Waals surface area (Å²) in [5.74, 6) is -0.524. The molecule has 4 aromatic carbocycles. The van der Waals surface area contributed by atoms with Gasteiger partial charge in [-0.25, -0.2) is 9.59 Å². The monoisotopic (exact) mass is 554 g/mol. The molecule has 4 rings (SSSR count). The summed E-state index contributed by atoms with van der Waals surface area (Å²) in [5.41, 5.74) is 2.49. The van der Waals surface area contributed by atoms with E-state index in [0.717, 1.165) is 11.1 Å². The maximum absolute atomic E-state index is 12.4. The Bertz CT molecular complexity index is 1390. The molecule has 0 radical (unpaired) electrons. The minimum absolute atomic E-state index is 0.320. The van der Waals surface area contributed by atoms with Crippen molar-refractivity contribution in [3.8, 4) is 23.0 Å². The molecule has 0 spiro atoms. The van der Waals surface area contributed by atoms with E-state index >= 15 is 0 Å². The quantitative estimate of drug-likeness (QED) is 0.180. The SMILES string of the molecule is CC(=O)Oc1ccc(OC(=O)c2ccc(COCc3ccc(C(=O)Oc4ccc(OC(C)=O)cc4)cc3)cc2)cc1. The second-order valence-electron chi connectivity index (χ2n) is 8.80. The molecule has 0 N–H and O–H groups in total. The van der Waals surface area contributed by atoms with Gasteiger partial charge in [0.05, 0.1) is 24.3 Å². The number of carbonyl (C=O) groups excluding carboxylic acids is 4. The van der Waals surface area contributed by atoms with Crippen LogP contribution < -0.4 is 18.9 Å². The van der Waals surface area contributed by atoms with Crippen LogP contribution in [0.15, 0.2) is 97.1 Å². The van der Waals surface area contributed by atoms with Gasteiger partial charge in [-0.3, -0.25) is 9.59 Å². The van der Waals surface area contributed by atoms with Crippen molar-refractivity contribution >= 4 is 23.9 Å². The summed E-state index contributed by atoms with van der Waals surface area (Å²) in [6, 6.07) is 26.0. The molecule has 0 amide bonds. The number of ether oxygens (including phenoxy) is 5. The van der Waals surface area contributed by atoms with E-state index < -0.39 is 23.9 Å². The lowest BCUT2D eigenvalue weighted by molar-refractivity contribution is -0.132. The normalized spacial score (nSPS) is 10.4. The fourth-order valence-corrected chi connectivity index (χ4v) is 3.58. The van der Waals surface area contributed by atoms with Gasteiger partial charge in [-0.05, 0) is 83.9 Å². The Hall–Kier alpha value is -5.28. The van der Waals surface area contributed by atoms with E-state index in [9.17, 15) is 19.2 Å². The molecule has 0 aliphatic heterocycles. The van der Waals surface area contributed by atoms with Crippen molar-refractivity contribution in [2.45, 2.75) is 27.1 Å². The summed E-state index contributed by atoms with van der Waals surface area (Å²) in [6.07, 6.45) is 0. The molecule has 0 saturated heterocycles. The van der Waals surface area contributed by atoms with E-state index in [1.807, 2.05) is 0 Å². The van der Waals surface area contributed by atoms with Gasteiger partial charge >= 0.3 is 23.9 Å². The Labute approximate surface area is 236 Å². The lowest BCUT2D eigenvalue weighted by atomic mass is 10.1. The molecule has 0 bridgehead atoms. The molecule has 0 unspecified atom stereocenters. The first-order chi connectivity index (χ1) is 19.7. The highest BCUT2D eigenvalue weighted by atomic mass is 16.5. The molecule has 0 aliphatic rings. The molecule has 0 heterocycles. The molecule has 9 nitrogen and oxygen atoms in total. The van der Waals surface area contributed by atoms with Crippen molar-refractivity contribution in [3.63, 3.8) is 0 Å². The zero-order chi connectivity index (χ0) is 29.2. The lowest BCUT2D eigenvalue weighted by Gasteiger charge is -2.08. The van der Waals surface area contributed by atoms with Crippen LogP contribution in [0, 0.1) is 0 Å². The molecular weight excluding hydrogens is 528 g/mol. The van der Waals surface area contributed by atoms with Gasteiger partial charge in [0.1, 0.15) is 23.0 Å². The van der Waals surface area contributed by atoms with Crippen LogP contribution in [0.3, 0.4) is 0 Å². The van der Waals surface area contributed by atoms with E-state index in [1.54, 1.807) is 97.1 Å². The Morgan fingerprint density at radius 2 is 0.732 bits per heavy atom. The molecule has 0 atom stereocenters. The van der Waals surface area contributed by atoms with Crippen LogP contribution in [0.4, 0.5) is 0 Å². The highest BCUT2D eigenvalue weighted by Crippen LogP contribution is 2.21. The zero-order valence-corrected chi connectivity index (χ0v) is 22.3. The minimum atomic E-state index is -0.518.